The fourth-order valence-electron chi connectivity index (χ4n) is 4.66. The minimum atomic E-state index is -4.20. The number of ether oxygens (including phenoxy) is 2. The SMILES string of the molecule is CCCCNC(=O)C(CC)N(Cc1ccc(C)cc1)C(=O)CN(c1ccc(OC)c(OC)c1)S(=O)(=O)c1ccc(C)cc1. The number of rotatable bonds is 15. The number of hydrogen-bond donors (Lipinski definition) is 1. The maximum atomic E-state index is 14.2. The minimum absolute atomic E-state index is 0.0371. The lowest BCUT2D eigenvalue weighted by atomic mass is 10.1. The van der Waals surface area contributed by atoms with Crippen molar-refractivity contribution >= 4 is 27.5 Å². The van der Waals surface area contributed by atoms with Crippen LogP contribution in [0, 0.1) is 13.8 Å². The zero-order chi connectivity index (χ0) is 31.6. The molecule has 3 aromatic carbocycles. The summed E-state index contributed by atoms with van der Waals surface area (Å²) in [6.07, 6.45) is 2.09. The summed E-state index contributed by atoms with van der Waals surface area (Å²) in [4.78, 5) is 29.1. The highest BCUT2D eigenvalue weighted by atomic mass is 32.2. The molecule has 1 atom stereocenters. The van der Waals surface area contributed by atoms with Gasteiger partial charge in [-0.1, -0.05) is 67.8 Å². The Balaban J connectivity index is 2.09. The third-order valence-electron chi connectivity index (χ3n) is 7.23. The van der Waals surface area contributed by atoms with E-state index in [1.54, 1.807) is 24.3 Å². The largest absolute Gasteiger partial charge is 0.493 e. The number of amides is 2. The maximum Gasteiger partial charge on any atom is 0.264 e. The van der Waals surface area contributed by atoms with Gasteiger partial charge in [0.25, 0.3) is 10.0 Å². The van der Waals surface area contributed by atoms with Gasteiger partial charge in [0, 0.05) is 19.2 Å². The van der Waals surface area contributed by atoms with Gasteiger partial charge in [-0.25, -0.2) is 8.42 Å². The predicted molar refractivity (Wildman–Crippen MR) is 169 cm³/mol. The second kappa shape index (κ2) is 15.4. The third kappa shape index (κ3) is 8.50. The first-order chi connectivity index (χ1) is 20.5. The lowest BCUT2D eigenvalue weighted by Gasteiger charge is -2.33. The summed E-state index contributed by atoms with van der Waals surface area (Å²) in [5.41, 5.74) is 3.02. The molecule has 0 heterocycles. The van der Waals surface area contributed by atoms with Gasteiger partial charge in [0.1, 0.15) is 12.6 Å². The summed E-state index contributed by atoms with van der Waals surface area (Å²) in [6, 6.07) is 18.0. The zero-order valence-electron chi connectivity index (χ0n) is 25.9. The highest BCUT2D eigenvalue weighted by molar-refractivity contribution is 7.92. The van der Waals surface area contributed by atoms with Crippen molar-refractivity contribution < 1.29 is 27.5 Å². The summed E-state index contributed by atoms with van der Waals surface area (Å²) in [5.74, 6) is -0.0464. The molecule has 0 bridgehead atoms. The van der Waals surface area contributed by atoms with Crippen LogP contribution in [-0.2, 0) is 26.2 Å². The Morgan fingerprint density at radius 2 is 1.47 bits per heavy atom. The molecule has 3 aromatic rings. The number of sulfonamides is 1. The van der Waals surface area contributed by atoms with Crippen LogP contribution in [0.15, 0.2) is 71.6 Å². The van der Waals surface area contributed by atoms with Gasteiger partial charge in [-0.15, -0.1) is 0 Å². The molecule has 0 aromatic heterocycles. The first-order valence-electron chi connectivity index (χ1n) is 14.5. The van der Waals surface area contributed by atoms with E-state index in [1.807, 2.05) is 52.0 Å². The van der Waals surface area contributed by atoms with Gasteiger partial charge in [0.2, 0.25) is 11.8 Å². The van der Waals surface area contributed by atoms with Gasteiger partial charge in [0.05, 0.1) is 24.8 Å². The van der Waals surface area contributed by atoms with E-state index in [0.29, 0.717) is 24.5 Å². The van der Waals surface area contributed by atoms with Crippen molar-refractivity contribution in [3.05, 3.63) is 83.4 Å². The van der Waals surface area contributed by atoms with Gasteiger partial charge in [-0.3, -0.25) is 13.9 Å². The number of hydrogen-bond acceptors (Lipinski definition) is 6. The van der Waals surface area contributed by atoms with E-state index in [4.69, 9.17) is 9.47 Å². The first-order valence-corrected chi connectivity index (χ1v) is 15.9. The van der Waals surface area contributed by atoms with E-state index in [0.717, 1.165) is 33.8 Å². The summed E-state index contributed by atoms with van der Waals surface area (Å²) in [6.45, 7) is 7.82. The van der Waals surface area contributed by atoms with E-state index in [9.17, 15) is 18.0 Å². The van der Waals surface area contributed by atoms with E-state index >= 15 is 0 Å². The van der Waals surface area contributed by atoms with Crippen LogP contribution in [0.3, 0.4) is 0 Å². The number of carbonyl (C=O) groups excluding carboxylic acids is 2. The van der Waals surface area contributed by atoms with Crippen LogP contribution in [0.25, 0.3) is 0 Å². The quantitative estimate of drug-likeness (QED) is 0.236. The van der Waals surface area contributed by atoms with E-state index < -0.39 is 28.5 Å². The van der Waals surface area contributed by atoms with Gasteiger partial charge in [-0.05, 0) is 56.5 Å². The molecular formula is C33H43N3O6S. The van der Waals surface area contributed by atoms with Crippen LogP contribution >= 0.6 is 0 Å². The van der Waals surface area contributed by atoms with Crippen LogP contribution in [0.1, 0.15) is 49.8 Å². The third-order valence-corrected chi connectivity index (χ3v) is 9.02. The Morgan fingerprint density at radius 1 is 0.860 bits per heavy atom. The molecule has 1 unspecified atom stereocenters. The Bertz CT molecular complexity index is 1470. The number of nitrogens with zero attached hydrogens (tertiary/aromatic N) is 2. The summed E-state index contributed by atoms with van der Waals surface area (Å²) >= 11 is 0. The standard InChI is InChI=1S/C33H43N3O6S/c1-7-9-20-34-33(38)29(8-2)35(22-26-14-10-24(3)11-15-26)32(37)23-36(27-16-19-30(41-5)31(21-27)42-6)43(39,40)28-17-12-25(4)13-18-28/h10-19,21,29H,7-9,20,22-23H2,1-6H3,(H,34,38). The molecule has 0 fully saturated rings. The first kappa shape index (κ1) is 33.5. The number of methoxy groups -OCH3 is 2. The number of unbranched alkanes of at least 4 members (excludes halogenated alkanes) is 1. The van der Waals surface area contributed by atoms with Crippen molar-refractivity contribution in [1.82, 2.24) is 10.2 Å². The fourth-order valence-corrected chi connectivity index (χ4v) is 6.07. The van der Waals surface area contributed by atoms with Crippen LogP contribution in [0.2, 0.25) is 0 Å². The van der Waals surface area contributed by atoms with Crippen LogP contribution in [0.4, 0.5) is 5.69 Å². The predicted octanol–water partition coefficient (Wildman–Crippen LogP) is 5.24. The van der Waals surface area contributed by atoms with Gasteiger partial charge in [0.15, 0.2) is 11.5 Å². The van der Waals surface area contributed by atoms with Crippen LogP contribution in [-0.4, -0.2) is 58.5 Å². The zero-order valence-corrected chi connectivity index (χ0v) is 26.7. The molecule has 2 amide bonds. The van der Waals surface area contributed by atoms with E-state index in [-0.39, 0.29) is 23.0 Å². The molecule has 1 N–H and O–H groups in total. The molecule has 10 heteroatoms. The smallest absolute Gasteiger partial charge is 0.264 e. The molecule has 9 nitrogen and oxygen atoms in total. The summed E-state index contributed by atoms with van der Waals surface area (Å²) in [7, 11) is -1.26. The van der Waals surface area contributed by atoms with Gasteiger partial charge < -0.3 is 19.7 Å². The molecule has 0 saturated carbocycles. The summed E-state index contributed by atoms with van der Waals surface area (Å²) < 4.78 is 40.1. The Labute approximate surface area is 255 Å². The molecule has 232 valence electrons. The van der Waals surface area contributed by atoms with Crippen molar-refractivity contribution in [2.45, 2.75) is 64.4 Å². The van der Waals surface area contributed by atoms with Crippen molar-refractivity contribution in [3.8, 4) is 11.5 Å². The molecule has 0 radical (unpaired) electrons. The molecule has 0 saturated heterocycles. The number of carbonyl (C=O) groups is 2. The topological polar surface area (TPSA) is 105 Å². The van der Waals surface area contributed by atoms with Gasteiger partial charge >= 0.3 is 0 Å². The molecule has 43 heavy (non-hydrogen) atoms. The van der Waals surface area contributed by atoms with E-state index in [2.05, 4.69) is 5.32 Å². The lowest BCUT2D eigenvalue weighted by Crippen LogP contribution is -2.52. The number of nitrogens with one attached hydrogen (secondary N) is 1. The molecule has 0 aliphatic heterocycles. The Morgan fingerprint density at radius 3 is 2.02 bits per heavy atom. The molecule has 3 rings (SSSR count). The monoisotopic (exact) mass is 609 g/mol. The molecule has 0 aliphatic rings. The average Bonchev–Trinajstić information content (AvgIpc) is 3.00. The van der Waals surface area contributed by atoms with Crippen molar-refractivity contribution in [2.75, 3.05) is 31.6 Å². The van der Waals surface area contributed by atoms with E-state index in [1.165, 1.54) is 37.3 Å². The maximum absolute atomic E-state index is 14.2. The highest BCUT2D eigenvalue weighted by Crippen LogP contribution is 2.34. The second-order valence-corrected chi connectivity index (χ2v) is 12.3. The number of anilines is 1. The number of benzene rings is 3. The second-order valence-electron chi connectivity index (χ2n) is 10.4. The molecule has 0 spiro atoms. The lowest BCUT2D eigenvalue weighted by molar-refractivity contribution is -0.140. The van der Waals surface area contributed by atoms with Crippen molar-refractivity contribution in [3.63, 3.8) is 0 Å². The van der Waals surface area contributed by atoms with Crippen LogP contribution < -0.4 is 19.1 Å². The Hall–Kier alpha value is -4.05. The summed E-state index contributed by atoms with van der Waals surface area (Å²) in [5, 5.41) is 2.94. The fraction of sp³-hybridized carbons (Fsp3) is 0.394. The minimum Gasteiger partial charge on any atom is -0.493 e. The van der Waals surface area contributed by atoms with Gasteiger partial charge in [-0.2, -0.15) is 0 Å². The molecular weight excluding hydrogens is 566 g/mol. The van der Waals surface area contributed by atoms with Crippen molar-refractivity contribution in [2.24, 2.45) is 0 Å². The Kier molecular flexibility index (Phi) is 12.0. The average molecular weight is 610 g/mol. The van der Waals surface area contributed by atoms with Crippen LogP contribution in [0.5, 0.6) is 11.5 Å². The normalized spacial score (nSPS) is 11.9. The van der Waals surface area contributed by atoms with Crippen molar-refractivity contribution in [1.29, 1.82) is 0 Å². The highest BCUT2D eigenvalue weighted by Gasteiger charge is 2.34. The number of aryl methyl sites for hydroxylation is 2. The molecule has 0 aliphatic carbocycles.